The molecule has 28 heavy (non-hydrogen) atoms. The van der Waals surface area contributed by atoms with Crippen LogP contribution in [0, 0.1) is 0 Å². The number of fused-ring (bicyclic) bond motifs is 1. The van der Waals surface area contributed by atoms with Gasteiger partial charge in [-0.05, 0) is 45.4 Å². The molecule has 2 aliphatic heterocycles. The van der Waals surface area contributed by atoms with Crippen molar-refractivity contribution in [2.45, 2.75) is 44.7 Å². The van der Waals surface area contributed by atoms with E-state index in [9.17, 15) is 14.4 Å². The van der Waals surface area contributed by atoms with Crippen LogP contribution in [-0.4, -0.2) is 52.1 Å². The number of ether oxygens (including phenoxy) is 2. The molecule has 1 aromatic rings. The number of para-hydroxylation sites is 1. The first-order valence-electron chi connectivity index (χ1n) is 9.02. The highest BCUT2D eigenvalue weighted by Crippen LogP contribution is 2.40. The molecular formula is C20H24N2O5S. The van der Waals surface area contributed by atoms with Gasteiger partial charge in [-0.3, -0.25) is 14.5 Å². The van der Waals surface area contributed by atoms with E-state index in [-0.39, 0.29) is 29.5 Å². The van der Waals surface area contributed by atoms with Gasteiger partial charge in [0.15, 0.2) is 6.61 Å². The summed E-state index contributed by atoms with van der Waals surface area (Å²) < 4.78 is 10.9. The molecule has 0 spiro atoms. The Morgan fingerprint density at radius 3 is 2.57 bits per heavy atom. The summed E-state index contributed by atoms with van der Waals surface area (Å²) >= 11 is 1.51. The molecule has 0 unspecified atom stereocenters. The minimum absolute atomic E-state index is 0.182. The zero-order valence-corrected chi connectivity index (χ0v) is 17.2. The number of nitrogens with one attached hydrogen (secondary N) is 1. The fourth-order valence-electron chi connectivity index (χ4n) is 2.97. The van der Waals surface area contributed by atoms with Gasteiger partial charge >= 0.3 is 5.97 Å². The van der Waals surface area contributed by atoms with Gasteiger partial charge in [-0.25, -0.2) is 4.79 Å². The molecule has 1 fully saturated rings. The number of rotatable bonds is 5. The zero-order valence-electron chi connectivity index (χ0n) is 16.4. The average Bonchev–Trinajstić information content (AvgIpc) is 2.63. The Balaban J connectivity index is 1.61. The summed E-state index contributed by atoms with van der Waals surface area (Å²) in [7, 11) is 0. The van der Waals surface area contributed by atoms with E-state index in [1.807, 2.05) is 25.1 Å². The maximum Gasteiger partial charge on any atom is 0.355 e. The van der Waals surface area contributed by atoms with E-state index < -0.39 is 17.6 Å². The van der Waals surface area contributed by atoms with E-state index in [2.05, 4.69) is 5.32 Å². The number of thioether (sulfide) groups is 1. The number of carbonyl (C=O) groups is 3. The van der Waals surface area contributed by atoms with Gasteiger partial charge in [-0.2, -0.15) is 0 Å². The Morgan fingerprint density at radius 1 is 1.25 bits per heavy atom. The van der Waals surface area contributed by atoms with Crippen molar-refractivity contribution in [2.75, 3.05) is 12.4 Å². The van der Waals surface area contributed by atoms with E-state index in [0.29, 0.717) is 11.5 Å². The average molecular weight is 404 g/mol. The van der Waals surface area contributed by atoms with Gasteiger partial charge in [0, 0.05) is 5.75 Å². The lowest BCUT2D eigenvalue weighted by molar-refractivity contribution is -0.159. The van der Waals surface area contributed by atoms with Crippen molar-refractivity contribution >= 4 is 29.5 Å². The van der Waals surface area contributed by atoms with Crippen LogP contribution in [0.2, 0.25) is 0 Å². The first-order chi connectivity index (χ1) is 13.2. The largest absolute Gasteiger partial charge is 0.484 e. The van der Waals surface area contributed by atoms with Crippen LogP contribution in [0.15, 0.2) is 41.6 Å². The summed E-state index contributed by atoms with van der Waals surface area (Å²) in [6.45, 7) is 6.98. The molecule has 1 aromatic carbocycles. The lowest BCUT2D eigenvalue weighted by atomic mass is 10.0. The summed E-state index contributed by atoms with van der Waals surface area (Å²) in [6.07, 6.45) is 0. The van der Waals surface area contributed by atoms with Gasteiger partial charge in [0.1, 0.15) is 28.5 Å². The molecule has 2 aliphatic rings. The number of benzene rings is 1. The minimum atomic E-state index is -0.678. The summed E-state index contributed by atoms with van der Waals surface area (Å²) in [5.74, 6) is -0.0357. The third-order valence-corrected chi connectivity index (χ3v) is 5.60. The second kappa shape index (κ2) is 7.87. The SMILES string of the molecule is CC1=C(C(=O)OC(C)(C)C)N2C(=O)[C@H](NC(=O)COc3ccccc3)[C@@H]2SC1. The highest BCUT2D eigenvalue weighted by atomic mass is 32.2. The Labute approximate surface area is 168 Å². The van der Waals surface area contributed by atoms with Crippen LogP contribution < -0.4 is 10.1 Å². The zero-order chi connectivity index (χ0) is 20.5. The highest BCUT2D eigenvalue weighted by molar-refractivity contribution is 8.00. The number of carbonyl (C=O) groups excluding carboxylic acids is 3. The Bertz CT molecular complexity index is 816. The molecule has 0 radical (unpaired) electrons. The molecule has 2 amide bonds. The summed E-state index contributed by atoms with van der Waals surface area (Å²) in [4.78, 5) is 38.8. The molecule has 1 N–H and O–H groups in total. The van der Waals surface area contributed by atoms with Crippen molar-refractivity contribution in [3.63, 3.8) is 0 Å². The number of β-lactam (4-membered cyclic amide) rings is 1. The molecule has 0 aromatic heterocycles. The van der Waals surface area contributed by atoms with Crippen molar-refractivity contribution in [3.05, 3.63) is 41.6 Å². The van der Waals surface area contributed by atoms with Crippen LogP contribution in [0.3, 0.4) is 0 Å². The third kappa shape index (κ3) is 4.32. The summed E-state index contributed by atoms with van der Waals surface area (Å²) in [5.41, 5.74) is 0.427. The van der Waals surface area contributed by atoms with Crippen LogP contribution in [-0.2, 0) is 19.1 Å². The standard InChI is InChI=1S/C20H24N2O5S/c1-12-11-28-18-15(21-14(23)10-26-13-8-6-5-7-9-13)17(24)22(18)16(12)19(25)27-20(2,3)4/h5-9,15,18H,10-11H2,1-4H3,(H,21,23)/t15-,18-/m0/s1. The quantitative estimate of drug-likeness (QED) is 0.598. The van der Waals surface area contributed by atoms with Crippen molar-refractivity contribution < 1.29 is 23.9 Å². The molecule has 8 heteroatoms. The smallest absolute Gasteiger partial charge is 0.355 e. The Hall–Kier alpha value is -2.48. The van der Waals surface area contributed by atoms with E-state index in [0.717, 1.165) is 5.57 Å². The molecule has 2 atom stereocenters. The number of hydrogen-bond acceptors (Lipinski definition) is 6. The first kappa shape index (κ1) is 20.3. The Kier molecular flexibility index (Phi) is 5.69. The molecule has 2 heterocycles. The maximum absolute atomic E-state index is 12.6. The molecular weight excluding hydrogens is 380 g/mol. The van der Waals surface area contributed by atoms with E-state index in [4.69, 9.17) is 9.47 Å². The molecule has 150 valence electrons. The molecule has 0 saturated carbocycles. The van der Waals surface area contributed by atoms with Crippen molar-refractivity contribution in [1.82, 2.24) is 10.2 Å². The van der Waals surface area contributed by atoms with E-state index in [1.54, 1.807) is 32.9 Å². The molecule has 1 saturated heterocycles. The van der Waals surface area contributed by atoms with Crippen molar-refractivity contribution in [1.29, 1.82) is 0 Å². The lowest BCUT2D eigenvalue weighted by Gasteiger charge is -2.49. The normalized spacial score (nSPS) is 21.6. The van der Waals surface area contributed by atoms with Gasteiger partial charge in [0.25, 0.3) is 11.8 Å². The Morgan fingerprint density at radius 2 is 1.93 bits per heavy atom. The number of amides is 2. The maximum atomic E-state index is 12.6. The van der Waals surface area contributed by atoms with Crippen molar-refractivity contribution in [3.8, 4) is 5.75 Å². The second-order valence-electron chi connectivity index (χ2n) is 7.69. The highest BCUT2D eigenvalue weighted by Gasteiger charge is 2.54. The van der Waals surface area contributed by atoms with E-state index in [1.165, 1.54) is 16.7 Å². The van der Waals surface area contributed by atoms with Crippen LogP contribution in [0.25, 0.3) is 0 Å². The molecule has 3 rings (SSSR count). The molecule has 0 aliphatic carbocycles. The van der Waals surface area contributed by atoms with Gasteiger partial charge in [0.2, 0.25) is 0 Å². The van der Waals surface area contributed by atoms with Crippen LogP contribution in [0.4, 0.5) is 0 Å². The van der Waals surface area contributed by atoms with Gasteiger partial charge < -0.3 is 14.8 Å². The topological polar surface area (TPSA) is 84.9 Å². The van der Waals surface area contributed by atoms with E-state index >= 15 is 0 Å². The monoisotopic (exact) mass is 404 g/mol. The van der Waals surface area contributed by atoms with Gasteiger partial charge in [-0.1, -0.05) is 18.2 Å². The first-order valence-corrected chi connectivity index (χ1v) is 10.1. The van der Waals surface area contributed by atoms with Crippen molar-refractivity contribution in [2.24, 2.45) is 0 Å². The van der Waals surface area contributed by atoms with Gasteiger partial charge in [-0.15, -0.1) is 11.8 Å². The lowest BCUT2D eigenvalue weighted by Crippen LogP contribution is -2.71. The minimum Gasteiger partial charge on any atom is -0.484 e. The van der Waals surface area contributed by atoms with Gasteiger partial charge in [0.05, 0.1) is 0 Å². The molecule has 0 bridgehead atoms. The molecule has 7 nitrogen and oxygen atoms in total. The van der Waals surface area contributed by atoms with Crippen LogP contribution in [0.5, 0.6) is 5.75 Å². The van der Waals surface area contributed by atoms with Crippen LogP contribution >= 0.6 is 11.8 Å². The van der Waals surface area contributed by atoms with Crippen LogP contribution in [0.1, 0.15) is 27.7 Å². The number of nitrogens with zero attached hydrogens (tertiary/aromatic N) is 1. The summed E-state index contributed by atoms with van der Waals surface area (Å²) in [5, 5.41) is 2.39. The fourth-order valence-corrected chi connectivity index (χ4v) is 4.26. The summed E-state index contributed by atoms with van der Waals surface area (Å²) in [6, 6.07) is 8.30. The predicted octanol–water partition coefficient (Wildman–Crippen LogP) is 2.08. The second-order valence-corrected chi connectivity index (χ2v) is 8.79. The number of hydrogen-bond donors (Lipinski definition) is 1. The third-order valence-electron chi connectivity index (χ3n) is 4.18. The number of esters is 1. The fraction of sp³-hybridized carbons (Fsp3) is 0.450. The predicted molar refractivity (Wildman–Crippen MR) is 106 cm³/mol.